The number of carbonyl (C=O) groups is 1. The van der Waals surface area contributed by atoms with E-state index in [0.717, 1.165) is 48.8 Å². The van der Waals surface area contributed by atoms with Crippen LogP contribution in [0.2, 0.25) is 5.02 Å². The maximum atomic E-state index is 13.3. The van der Waals surface area contributed by atoms with E-state index >= 15 is 0 Å². The first kappa shape index (κ1) is 28.4. The number of hydrogen-bond donors (Lipinski definition) is 1. The third-order valence-electron chi connectivity index (χ3n) is 10.4. The van der Waals surface area contributed by atoms with E-state index in [-0.39, 0.29) is 23.2 Å². The minimum atomic E-state index is -3.18. The van der Waals surface area contributed by atoms with Crippen LogP contribution in [0.15, 0.2) is 52.9 Å². The Bertz CT molecular complexity index is 1570. The first-order valence-corrected chi connectivity index (χ1v) is 17.4. The molecule has 2 aliphatic heterocycles. The minimum absolute atomic E-state index is 0.0179. The molecule has 42 heavy (non-hydrogen) atoms. The number of carbonyl (C=O) groups excluding carboxylic acids is 1. The van der Waals surface area contributed by atoms with Gasteiger partial charge in [-0.1, -0.05) is 36.7 Å². The standard InChI is InChI=1S/C33H40ClN3O4S/c1-20-4-3-5-30(40-2)25-9-6-22(25)16-37-18-33(15-23-12-26(23)27-14-24(34)8-10-28(27)33)19-41-31-11-7-21(13-29(31)37)32(38)36-42(35,39)17-20/h3,5,7-8,10-11,13-14,20,22-23,25-26,30H,4,6,9,12,15-19H2,1-2H3,(H2,35,36,38,39)/b5-3+/t20-,22-,23-,25+,26-,30-,33-,42?/m0/s1. The first-order chi connectivity index (χ1) is 20.1. The lowest BCUT2D eigenvalue weighted by Crippen LogP contribution is -2.49. The van der Waals surface area contributed by atoms with Crippen molar-refractivity contribution in [2.45, 2.75) is 56.5 Å². The van der Waals surface area contributed by atoms with Crippen LogP contribution in [0.1, 0.15) is 66.4 Å². The Morgan fingerprint density at radius 1 is 1.19 bits per heavy atom. The van der Waals surface area contributed by atoms with Crippen molar-refractivity contribution in [3.05, 3.63) is 70.3 Å². The van der Waals surface area contributed by atoms with Gasteiger partial charge in [0.2, 0.25) is 0 Å². The van der Waals surface area contributed by atoms with Crippen LogP contribution in [0.25, 0.3) is 0 Å². The molecule has 2 N–H and O–H groups in total. The second kappa shape index (κ2) is 10.7. The van der Waals surface area contributed by atoms with E-state index in [1.807, 2.05) is 25.1 Å². The molecule has 224 valence electrons. The molecule has 3 aliphatic carbocycles. The highest BCUT2D eigenvalue weighted by Crippen LogP contribution is 2.61. The van der Waals surface area contributed by atoms with Crippen molar-refractivity contribution in [1.82, 2.24) is 0 Å². The molecule has 0 saturated heterocycles. The Hall–Kier alpha value is -2.39. The van der Waals surface area contributed by atoms with E-state index in [1.54, 1.807) is 13.2 Å². The van der Waals surface area contributed by atoms with Gasteiger partial charge in [0, 0.05) is 42.0 Å². The van der Waals surface area contributed by atoms with Crippen molar-refractivity contribution in [1.29, 1.82) is 0 Å². The summed E-state index contributed by atoms with van der Waals surface area (Å²) in [4.78, 5) is 15.8. The van der Waals surface area contributed by atoms with Crippen molar-refractivity contribution in [2.75, 3.05) is 37.5 Å². The average Bonchev–Trinajstić information content (AvgIpc) is 3.72. The van der Waals surface area contributed by atoms with E-state index < -0.39 is 15.8 Å². The topological polar surface area (TPSA) is 94.2 Å². The van der Waals surface area contributed by atoms with Crippen LogP contribution in [-0.4, -0.2) is 48.8 Å². The van der Waals surface area contributed by atoms with Gasteiger partial charge in [0.15, 0.2) is 0 Å². The van der Waals surface area contributed by atoms with Gasteiger partial charge in [-0.05, 0) is 103 Å². The third-order valence-corrected chi connectivity index (χ3v) is 12.1. The van der Waals surface area contributed by atoms with Gasteiger partial charge in [-0.2, -0.15) is 0 Å². The average molecular weight is 610 g/mol. The van der Waals surface area contributed by atoms with E-state index in [1.165, 1.54) is 17.5 Å². The molecule has 8 atom stereocenters. The summed E-state index contributed by atoms with van der Waals surface area (Å²) in [6, 6.07) is 11.9. The molecule has 2 heterocycles. The summed E-state index contributed by atoms with van der Waals surface area (Å²) < 4.78 is 29.9. The summed E-state index contributed by atoms with van der Waals surface area (Å²) in [5, 5.41) is 6.89. The number of rotatable bonds is 1. The molecule has 2 saturated carbocycles. The number of halogens is 1. The number of ether oxygens (including phenoxy) is 2. The normalized spacial score (nSPS) is 38.1. The maximum absolute atomic E-state index is 13.3. The summed E-state index contributed by atoms with van der Waals surface area (Å²) in [6.07, 6.45) is 9.51. The highest BCUT2D eigenvalue weighted by atomic mass is 35.5. The molecule has 0 aromatic heterocycles. The highest BCUT2D eigenvalue weighted by molar-refractivity contribution is 7.91. The van der Waals surface area contributed by atoms with Crippen LogP contribution < -0.4 is 14.8 Å². The van der Waals surface area contributed by atoms with Gasteiger partial charge in [0.25, 0.3) is 5.91 Å². The molecule has 7 nitrogen and oxygen atoms in total. The minimum Gasteiger partial charge on any atom is -0.490 e. The van der Waals surface area contributed by atoms with E-state index in [0.29, 0.717) is 42.3 Å². The number of anilines is 1. The molecular weight excluding hydrogens is 570 g/mol. The van der Waals surface area contributed by atoms with Crippen molar-refractivity contribution >= 4 is 33.1 Å². The molecule has 0 radical (unpaired) electrons. The molecule has 5 aliphatic rings. The van der Waals surface area contributed by atoms with Gasteiger partial charge in [-0.15, -0.1) is 4.36 Å². The molecule has 1 unspecified atom stereocenters. The van der Waals surface area contributed by atoms with Crippen LogP contribution >= 0.6 is 11.6 Å². The summed E-state index contributed by atoms with van der Waals surface area (Å²) in [5.41, 5.74) is 3.80. The Kier molecular flexibility index (Phi) is 7.20. The quantitative estimate of drug-likeness (QED) is 0.394. The van der Waals surface area contributed by atoms with Crippen LogP contribution in [0, 0.1) is 23.7 Å². The van der Waals surface area contributed by atoms with Gasteiger partial charge >= 0.3 is 0 Å². The van der Waals surface area contributed by atoms with E-state index in [4.69, 9.17) is 26.2 Å². The predicted octanol–water partition coefficient (Wildman–Crippen LogP) is 6.10. The van der Waals surface area contributed by atoms with Gasteiger partial charge < -0.3 is 14.4 Å². The highest BCUT2D eigenvalue weighted by Gasteiger charge is 2.54. The second-order valence-corrected chi connectivity index (χ2v) is 15.7. The number of hydrogen-bond acceptors (Lipinski definition) is 5. The number of benzene rings is 2. The van der Waals surface area contributed by atoms with Crippen molar-refractivity contribution in [2.24, 2.45) is 33.2 Å². The van der Waals surface area contributed by atoms with Crippen molar-refractivity contribution in [3.63, 3.8) is 0 Å². The largest absolute Gasteiger partial charge is 0.490 e. The lowest BCUT2D eigenvalue weighted by molar-refractivity contribution is 0.0131. The van der Waals surface area contributed by atoms with E-state index in [9.17, 15) is 9.00 Å². The van der Waals surface area contributed by atoms with Crippen molar-refractivity contribution < 1.29 is 18.5 Å². The number of methoxy groups -OCH3 is 1. The summed E-state index contributed by atoms with van der Waals surface area (Å²) in [5.74, 6) is 2.47. The summed E-state index contributed by atoms with van der Waals surface area (Å²) >= 11 is 6.49. The van der Waals surface area contributed by atoms with Gasteiger partial charge in [-0.3, -0.25) is 4.79 Å². The summed E-state index contributed by atoms with van der Waals surface area (Å²) in [6.45, 7) is 4.18. The smallest absolute Gasteiger partial charge is 0.286 e. The fourth-order valence-corrected chi connectivity index (χ4v) is 9.65. The lowest BCUT2D eigenvalue weighted by Gasteiger charge is -2.46. The Balaban J connectivity index is 1.32. The first-order valence-electron chi connectivity index (χ1n) is 15.2. The Morgan fingerprint density at radius 2 is 2.05 bits per heavy atom. The Labute approximate surface area is 254 Å². The van der Waals surface area contributed by atoms with Crippen LogP contribution in [-0.2, 0) is 20.1 Å². The second-order valence-electron chi connectivity index (χ2n) is 13.4. The molecule has 2 fully saturated rings. The Morgan fingerprint density at radius 3 is 2.83 bits per heavy atom. The SMILES string of the molecule is CO[C@H]1/C=C/C[C@H](C)CS(N)(=O)=NC(=O)c2ccc3c(c2)N(C[C@@H]2CC[C@H]21)C[C@]1(CO3)C[C@@H]2C[C@@H]2c2cc(Cl)ccc21. The van der Waals surface area contributed by atoms with Crippen LogP contribution in [0.4, 0.5) is 5.69 Å². The number of nitrogens with two attached hydrogens (primary N) is 1. The molecule has 2 aromatic rings. The fraction of sp³-hybridized carbons (Fsp3) is 0.545. The maximum Gasteiger partial charge on any atom is 0.286 e. The lowest BCUT2D eigenvalue weighted by atomic mass is 9.68. The zero-order chi connectivity index (χ0) is 29.2. The summed E-state index contributed by atoms with van der Waals surface area (Å²) in [7, 11) is -1.39. The monoisotopic (exact) mass is 609 g/mol. The van der Waals surface area contributed by atoms with Gasteiger partial charge in [0.1, 0.15) is 15.7 Å². The third kappa shape index (κ3) is 5.18. The van der Waals surface area contributed by atoms with Crippen LogP contribution in [0.5, 0.6) is 5.75 Å². The number of fused-ring (bicyclic) bond motifs is 6. The number of allylic oxidation sites excluding steroid dienone is 1. The molecular formula is C33H40ClN3O4S. The van der Waals surface area contributed by atoms with E-state index in [2.05, 4.69) is 33.5 Å². The zero-order valence-electron chi connectivity index (χ0n) is 24.3. The molecule has 9 heteroatoms. The molecule has 7 rings (SSSR count). The number of nitrogens with zero attached hydrogens (tertiary/aromatic N) is 2. The van der Waals surface area contributed by atoms with Crippen molar-refractivity contribution in [3.8, 4) is 5.75 Å². The predicted molar refractivity (Wildman–Crippen MR) is 167 cm³/mol. The zero-order valence-corrected chi connectivity index (χ0v) is 25.9. The van der Waals surface area contributed by atoms with Gasteiger partial charge in [-0.25, -0.2) is 9.35 Å². The fourth-order valence-electron chi connectivity index (χ4n) is 8.05. The van der Waals surface area contributed by atoms with Gasteiger partial charge in [0.05, 0.1) is 18.4 Å². The molecule has 1 spiro atoms. The number of amides is 1. The molecule has 2 aromatic carbocycles. The van der Waals surface area contributed by atoms with Crippen LogP contribution in [0.3, 0.4) is 0 Å². The molecule has 1 amide bonds. The molecule has 2 bridgehead atoms.